The van der Waals surface area contributed by atoms with Crippen molar-refractivity contribution >= 4 is 0 Å². The summed E-state index contributed by atoms with van der Waals surface area (Å²) in [5.74, 6) is 2.13. The lowest BCUT2D eigenvalue weighted by atomic mass is 10.2. The largest absolute Gasteiger partial charge is 0.468 e. The van der Waals surface area contributed by atoms with Crippen LogP contribution in [0.5, 0.6) is 0 Å². The first kappa shape index (κ1) is 11.9. The maximum absolute atomic E-state index is 5.49. The van der Waals surface area contributed by atoms with E-state index in [4.69, 9.17) is 4.42 Å². The summed E-state index contributed by atoms with van der Waals surface area (Å²) in [5.41, 5.74) is 1.22. The van der Waals surface area contributed by atoms with Crippen LogP contribution in [0.15, 0.2) is 29.1 Å². The summed E-state index contributed by atoms with van der Waals surface area (Å²) in [6.45, 7) is 6.78. The Morgan fingerprint density at radius 3 is 3.06 bits per heavy atom. The van der Waals surface area contributed by atoms with Crippen molar-refractivity contribution in [2.24, 2.45) is 0 Å². The highest BCUT2D eigenvalue weighted by molar-refractivity contribution is 5.18. The van der Waals surface area contributed by atoms with E-state index in [-0.39, 0.29) is 0 Å². The molecule has 0 fully saturated rings. The van der Waals surface area contributed by atoms with Crippen LogP contribution < -0.4 is 5.32 Å². The molecule has 0 spiro atoms. The van der Waals surface area contributed by atoms with Crippen molar-refractivity contribution in [3.63, 3.8) is 0 Å². The molecule has 92 valence electrons. The number of aryl methyl sites for hydroxylation is 1. The van der Waals surface area contributed by atoms with Crippen molar-refractivity contribution in [2.75, 3.05) is 6.54 Å². The molecule has 2 aromatic heterocycles. The van der Waals surface area contributed by atoms with Crippen molar-refractivity contribution in [2.45, 2.75) is 33.4 Å². The number of nitrogens with zero attached hydrogens (tertiary/aromatic N) is 2. The minimum Gasteiger partial charge on any atom is -0.468 e. The minimum atomic E-state index is 0.787. The van der Waals surface area contributed by atoms with Gasteiger partial charge in [-0.15, -0.1) is 0 Å². The monoisotopic (exact) mass is 233 g/mol. The fourth-order valence-corrected chi connectivity index (χ4v) is 1.88. The molecule has 0 aliphatic heterocycles. The molecule has 17 heavy (non-hydrogen) atoms. The number of furan rings is 1. The zero-order valence-corrected chi connectivity index (χ0v) is 10.4. The van der Waals surface area contributed by atoms with E-state index in [1.54, 1.807) is 6.26 Å². The highest BCUT2D eigenvalue weighted by Gasteiger charge is 2.08. The van der Waals surface area contributed by atoms with E-state index in [9.17, 15) is 0 Å². The molecule has 0 unspecified atom stereocenters. The van der Waals surface area contributed by atoms with Crippen molar-refractivity contribution in [3.05, 3.63) is 41.9 Å². The van der Waals surface area contributed by atoms with Crippen LogP contribution in [0.3, 0.4) is 0 Å². The molecular formula is C13H19N3O. The predicted molar refractivity (Wildman–Crippen MR) is 66.8 cm³/mol. The average Bonchev–Trinajstić information content (AvgIpc) is 2.96. The first-order chi connectivity index (χ1) is 8.35. The lowest BCUT2D eigenvalue weighted by molar-refractivity contribution is 0.480. The Morgan fingerprint density at radius 2 is 2.29 bits per heavy atom. The smallest absolute Gasteiger partial charge is 0.122 e. The van der Waals surface area contributed by atoms with E-state index in [1.165, 1.54) is 5.56 Å². The van der Waals surface area contributed by atoms with Gasteiger partial charge in [-0.2, -0.15) is 0 Å². The minimum absolute atomic E-state index is 0.787. The quantitative estimate of drug-likeness (QED) is 0.831. The number of hydrogen-bond donors (Lipinski definition) is 1. The molecule has 0 radical (unpaired) electrons. The van der Waals surface area contributed by atoms with E-state index < -0.39 is 0 Å². The van der Waals surface area contributed by atoms with Gasteiger partial charge in [-0.05, 0) is 12.6 Å². The number of hydrogen-bond acceptors (Lipinski definition) is 3. The summed E-state index contributed by atoms with van der Waals surface area (Å²) in [4.78, 5) is 4.32. The predicted octanol–water partition coefficient (Wildman–Crippen LogP) is 2.20. The van der Waals surface area contributed by atoms with Gasteiger partial charge in [0.15, 0.2) is 0 Å². The van der Waals surface area contributed by atoms with Gasteiger partial charge >= 0.3 is 0 Å². The highest BCUT2D eigenvalue weighted by atomic mass is 16.3. The van der Waals surface area contributed by atoms with Gasteiger partial charge in [0.05, 0.1) is 19.4 Å². The second-order valence-electron chi connectivity index (χ2n) is 3.97. The van der Waals surface area contributed by atoms with Crippen molar-refractivity contribution in [1.29, 1.82) is 0 Å². The second-order valence-corrected chi connectivity index (χ2v) is 3.97. The molecule has 2 rings (SSSR count). The molecule has 0 atom stereocenters. The number of rotatable bonds is 6. The molecule has 0 aliphatic carbocycles. The Balaban J connectivity index is 2.10. The Hall–Kier alpha value is -1.55. The van der Waals surface area contributed by atoms with E-state index in [0.29, 0.717) is 0 Å². The van der Waals surface area contributed by atoms with Gasteiger partial charge in [-0.1, -0.05) is 13.8 Å². The Labute approximate surface area is 102 Å². The summed E-state index contributed by atoms with van der Waals surface area (Å²) >= 11 is 0. The van der Waals surface area contributed by atoms with Crippen LogP contribution in [-0.2, 0) is 19.5 Å². The molecule has 0 amide bonds. The molecule has 0 saturated heterocycles. The van der Waals surface area contributed by atoms with E-state index in [1.807, 2.05) is 18.5 Å². The molecule has 4 heteroatoms. The van der Waals surface area contributed by atoms with Gasteiger partial charge in [-0.3, -0.25) is 0 Å². The maximum Gasteiger partial charge on any atom is 0.122 e. The maximum atomic E-state index is 5.49. The zero-order valence-electron chi connectivity index (χ0n) is 10.4. The Kier molecular flexibility index (Phi) is 3.98. The van der Waals surface area contributed by atoms with Crippen LogP contribution in [0.1, 0.15) is 31.0 Å². The van der Waals surface area contributed by atoms with Gasteiger partial charge < -0.3 is 14.3 Å². The van der Waals surface area contributed by atoms with Crippen LogP contribution in [0.25, 0.3) is 0 Å². The molecule has 0 bridgehead atoms. The normalized spacial score (nSPS) is 10.9. The fraction of sp³-hybridized carbons (Fsp3) is 0.462. The lowest BCUT2D eigenvalue weighted by Gasteiger charge is -2.07. The molecule has 0 aliphatic rings. The zero-order chi connectivity index (χ0) is 12.1. The molecule has 0 aromatic carbocycles. The molecule has 2 aromatic rings. The van der Waals surface area contributed by atoms with E-state index in [0.717, 1.165) is 37.6 Å². The standard InChI is InChI=1S/C13H19N3O/c1-3-13-15-6-7-16(13)10-11-5-8-17-12(11)9-14-4-2/h5-8,14H,3-4,9-10H2,1-2H3. The van der Waals surface area contributed by atoms with Gasteiger partial charge in [0, 0.05) is 24.4 Å². The number of imidazole rings is 1. The summed E-state index contributed by atoms with van der Waals surface area (Å²) in [6, 6.07) is 2.03. The van der Waals surface area contributed by atoms with Crippen molar-refractivity contribution in [3.8, 4) is 0 Å². The summed E-state index contributed by atoms with van der Waals surface area (Å²) < 4.78 is 7.66. The first-order valence-electron chi connectivity index (χ1n) is 6.11. The Morgan fingerprint density at radius 1 is 1.41 bits per heavy atom. The van der Waals surface area contributed by atoms with Crippen molar-refractivity contribution in [1.82, 2.24) is 14.9 Å². The van der Waals surface area contributed by atoms with Gasteiger partial charge in [-0.25, -0.2) is 4.98 Å². The van der Waals surface area contributed by atoms with E-state index >= 15 is 0 Å². The Bertz CT molecular complexity index is 459. The van der Waals surface area contributed by atoms with Crippen LogP contribution in [0, 0.1) is 0 Å². The van der Waals surface area contributed by atoms with Crippen LogP contribution in [0.2, 0.25) is 0 Å². The van der Waals surface area contributed by atoms with E-state index in [2.05, 4.69) is 28.7 Å². The third kappa shape index (κ3) is 2.77. The van der Waals surface area contributed by atoms with Gasteiger partial charge in [0.1, 0.15) is 11.6 Å². The van der Waals surface area contributed by atoms with Gasteiger partial charge in [0.25, 0.3) is 0 Å². The first-order valence-corrected chi connectivity index (χ1v) is 6.11. The molecule has 0 saturated carbocycles. The molecule has 1 N–H and O–H groups in total. The summed E-state index contributed by atoms with van der Waals surface area (Å²) in [7, 11) is 0. The van der Waals surface area contributed by atoms with Crippen LogP contribution >= 0.6 is 0 Å². The highest BCUT2D eigenvalue weighted by Crippen LogP contribution is 2.13. The summed E-state index contributed by atoms with van der Waals surface area (Å²) in [6.07, 6.45) is 6.57. The number of nitrogens with one attached hydrogen (secondary N) is 1. The third-order valence-corrected chi connectivity index (χ3v) is 2.83. The summed E-state index contributed by atoms with van der Waals surface area (Å²) in [5, 5.41) is 3.28. The van der Waals surface area contributed by atoms with Crippen molar-refractivity contribution < 1.29 is 4.42 Å². The number of aromatic nitrogens is 2. The fourth-order valence-electron chi connectivity index (χ4n) is 1.88. The lowest BCUT2D eigenvalue weighted by Crippen LogP contribution is -2.13. The SMILES string of the molecule is CCNCc1occc1Cn1ccnc1CC. The van der Waals surface area contributed by atoms with Gasteiger partial charge in [0.2, 0.25) is 0 Å². The van der Waals surface area contributed by atoms with Crippen LogP contribution in [0.4, 0.5) is 0 Å². The molecular weight excluding hydrogens is 214 g/mol. The van der Waals surface area contributed by atoms with Crippen LogP contribution in [-0.4, -0.2) is 16.1 Å². The molecule has 2 heterocycles. The molecule has 4 nitrogen and oxygen atoms in total. The second kappa shape index (κ2) is 5.68. The third-order valence-electron chi connectivity index (χ3n) is 2.83. The average molecular weight is 233 g/mol. The topological polar surface area (TPSA) is 43.0 Å².